The Morgan fingerprint density at radius 3 is 2.30 bits per heavy atom. The molecule has 132 valence electrons. The third-order valence-electron chi connectivity index (χ3n) is 5.29. The molecule has 3 saturated heterocycles. The molecule has 4 atom stereocenters. The van der Waals surface area contributed by atoms with E-state index in [1.165, 1.54) is 0 Å². The summed E-state index contributed by atoms with van der Waals surface area (Å²) in [4.78, 5) is 14.5. The predicted octanol–water partition coefficient (Wildman–Crippen LogP) is 3.07. The fourth-order valence-corrected chi connectivity index (χ4v) is 4.41. The molecule has 3 fully saturated rings. The van der Waals surface area contributed by atoms with Gasteiger partial charge in [-0.15, -0.1) is 0 Å². The molecule has 23 heavy (non-hydrogen) atoms. The first-order chi connectivity index (χ1) is 10.8. The molecule has 5 heteroatoms. The van der Waals surface area contributed by atoms with Gasteiger partial charge in [-0.25, -0.2) is 4.79 Å². The fourth-order valence-electron chi connectivity index (χ4n) is 4.41. The van der Waals surface area contributed by atoms with Crippen LogP contribution in [0.3, 0.4) is 0 Å². The number of nitrogens with zero attached hydrogens (tertiary/aromatic N) is 1. The minimum atomic E-state index is -0.413. The summed E-state index contributed by atoms with van der Waals surface area (Å²) in [6, 6.07) is 1.79. The molecule has 3 aliphatic heterocycles. The predicted molar refractivity (Wildman–Crippen MR) is 89.5 cm³/mol. The van der Waals surface area contributed by atoms with E-state index in [1.54, 1.807) is 0 Å². The third kappa shape index (κ3) is 4.18. The van der Waals surface area contributed by atoms with Crippen molar-refractivity contribution in [2.45, 2.75) is 102 Å². The summed E-state index contributed by atoms with van der Waals surface area (Å²) in [6.07, 6.45) is 6.79. The van der Waals surface area contributed by atoms with Gasteiger partial charge in [0.05, 0.1) is 6.10 Å². The van der Waals surface area contributed by atoms with Crippen LogP contribution in [0.1, 0.15) is 66.2 Å². The van der Waals surface area contributed by atoms with Crippen molar-refractivity contribution in [2.75, 3.05) is 6.61 Å². The lowest BCUT2D eigenvalue weighted by molar-refractivity contribution is -0.00283. The highest BCUT2D eigenvalue weighted by Gasteiger charge is 2.45. The molecular formula is C18H32N2O3. The second-order valence-electron chi connectivity index (χ2n) is 8.51. The lowest BCUT2D eigenvalue weighted by Gasteiger charge is -2.41. The topological polar surface area (TPSA) is 50.8 Å². The van der Waals surface area contributed by atoms with E-state index >= 15 is 0 Å². The number of rotatable bonds is 2. The van der Waals surface area contributed by atoms with E-state index in [-0.39, 0.29) is 6.09 Å². The van der Waals surface area contributed by atoms with Crippen molar-refractivity contribution < 1.29 is 14.3 Å². The SMILES string of the molecule is CC1CC(NC2CC3CCC(C2)N3C(=O)OC(C)(C)C)CCO1. The van der Waals surface area contributed by atoms with Gasteiger partial charge in [0.25, 0.3) is 0 Å². The molecule has 5 nitrogen and oxygen atoms in total. The Morgan fingerprint density at radius 1 is 1.09 bits per heavy atom. The van der Waals surface area contributed by atoms with Crippen LogP contribution in [0.5, 0.6) is 0 Å². The van der Waals surface area contributed by atoms with Crippen molar-refractivity contribution in [3.63, 3.8) is 0 Å². The molecule has 2 bridgehead atoms. The highest BCUT2D eigenvalue weighted by Crippen LogP contribution is 2.37. The first-order valence-corrected chi connectivity index (χ1v) is 9.21. The lowest BCUT2D eigenvalue weighted by Crippen LogP contribution is -2.54. The standard InChI is InChI=1S/C18H32N2O3/c1-12-9-13(7-8-22-12)19-14-10-15-5-6-16(11-14)20(15)17(21)23-18(2,3)4/h12-16,19H,5-11H2,1-4H3. The van der Waals surface area contributed by atoms with Crippen LogP contribution in [0.25, 0.3) is 0 Å². The molecule has 1 N–H and O–H groups in total. The van der Waals surface area contributed by atoms with Gasteiger partial charge in [-0.05, 0) is 66.2 Å². The van der Waals surface area contributed by atoms with Crippen molar-refractivity contribution in [3.8, 4) is 0 Å². The van der Waals surface area contributed by atoms with E-state index in [0.29, 0.717) is 30.3 Å². The van der Waals surface area contributed by atoms with Crippen molar-refractivity contribution in [1.82, 2.24) is 10.2 Å². The zero-order valence-electron chi connectivity index (χ0n) is 15.0. The van der Waals surface area contributed by atoms with Crippen molar-refractivity contribution in [1.29, 1.82) is 0 Å². The van der Waals surface area contributed by atoms with Crippen LogP contribution in [0.15, 0.2) is 0 Å². The van der Waals surface area contributed by atoms with Gasteiger partial charge in [-0.3, -0.25) is 0 Å². The Balaban J connectivity index is 1.55. The summed E-state index contributed by atoms with van der Waals surface area (Å²) in [6.45, 7) is 8.83. The minimum absolute atomic E-state index is 0.122. The van der Waals surface area contributed by atoms with E-state index in [2.05, 4.69) is 12.2 Å². The smallest absolute Gasteiger partial charge is 0.410 e. The number of ether oxygens (including phenoxy) is 2. The van der Waals surface area contributed by atoms with Gasteiger partial charge in [0.1, 0.15) is 5.60 Å². The molecule has 0 aromatic carbocycles. The van der Waals surface area contributed by atoms with Gasteiger partial charge in [0.15, 0.2) is 0 Å². The molecule has 0 radical (unpaired) electrons. The number of amides is 1. The van der Waals surface area contributed by atoms with Crippen molar-refractivity contribution in [2.24, 2.45) is 0 Å². The number of fused-ring (bicyclic) bond motifs is 2. The van der Waals surface area contributed by atoms with Gasteiger partial charge in [0, 0.05) is 30.8 Å². The highest BCUT2D eigenvalue weighted by molar-refractivity contribution is 5.69. The maximum Gasteiger partial charge on any atom is 0.410 e. The van der Waals surface area contributed by atoms with Gasteiger partial charge in [-0.1, -0.05) is 0 Å². The van der Waals surface area contributed by atoms with Crippen LogP contribution in [0, 0.1) is 0 Å². The molecule has 3 rings (SSSR count). The van der Waals surface area contributed by atoms with Crippen LogP contribution in [0.4, 0.5) is 4.79 Å². The Bertz CT molecular complexity index is 420. The van der Waals surface area contributed by atoms with Crippen molar-refractivity contribution >= 4 is 6.09 Å². The quantitative estimate of drug-likeness (QED) is 0.848. The first kappa shape index (κ1) is 17.0. The van der Waals surface area contributed by atoms with E-state index in [9.17, 15) is 4.79 Å². The molecule has 0 aromatic heterocycles. The monoisotopic (exact) mass is 324 g/mol. The molecule has 0 aliphatic carbocycles. The Labute approximate surface area is 140 Å². The molecule has 3 aliphatic rings. The van der Waals surface area contributed by atoms with E-state index in [4.69, 9.17) is 9.47 Å². The maximum atomic E-state index is 12.5. The number of hydrogen-bond acceptors (Lipinski definition) is 4. The largest absolute Gasteiger partial charge is 0.444 e. The molecule has 1 amide bonds. The Kier molecular flexibility index (Phi) is 4.88. The second kappa shape index (κ2) is 6.60. The lowest BCUT2D eigenvalue weighted by atomic mass is 9.95. The zero-order valence-corrected chi connectivity index (χ0v) is 15.0. The number of nitrogens with one attached hydrogen (secondary N) is 1. The third-order valence-corrected chi connectivity index (χ3v) is 5.29. The van der Waals surface area contributed by atoms with Gasteiger partial charge >= 0.3 is 6.09 Å². The number of hydrogen-bond donors (Lipinski definition) is 1. The Hall–Kier alpha value is -0.810. The average molecular weight is 324 g/mol. The second-order valence-corrected chi connectivity index (χ2v) is 8.51. The van der Waals surface area contributed by atoms with Gasteiger partial charge in [-0.2, -0.15) is 0 Å². The normalized spacial score (nSPS) is 37.7. The molecule has 0 saturated carbocycles. The minimum Gasteiger partial charge on any atom is -0.444 e. The summed E-state index contributed by atoms with van der Waals surface area (Å²) in [5, 5.41) is 3.84. The van der Waals surface area contributed by atoms with Gasteiger partial charge < -0.3 is 19.7 Å². The summed E-state index contributed by atoms with van der Waals surface area (Å²) in [5.74, 6) is 0. The van der Waals surface area contributed by atoms with Crippen LogP contribution < -0.4 is 5.32 Å². The molecule has 4 unspecified atom stereocenters. The molecule has 3 heterocycles. The average Bonchev–Trinajstić information content (AvgIpc) is 2.69. The summed E-state index contributed by atoms with van der Waals surface area (Å²) >= 11 is 0. The summed E-state index contributed by atoms with van der Waals surface area (Å²) < 4.78 is 11.2. The summed E-state index contributed by atoms with van der Waals surface area (Å²) in [5.41, 5.74) is -0.413. The number of piperidine rings is 1. The number of carbonyl (C=O) groups excluding carboxylic acids is 1. The van der Waals surface area contributed by atoms with Crippen LogP contribution in [0.2, 0.25) is 0 Å². The van der Waals surface area contributed by atoms with E-state index in [1.807, 2.05) is 25.7 Å². The fraction of sp³-hybridized carbons (Fsp3) is 0.944. The highest BCUT2D eigenvalue weighted by atomic mass is 16.6. The zero-order chi connectivity index (χ0) is 16.6. The van der Waals surface area contributed by atoms with Crippen molar-refractivity contribution in [3.05, 3.63) is 0 Å². The van der Waals surface area contributed by atoms with E-state index in [0.717, 1.165) is 45.1 Å². The van der Waals surface area contributed by atoms with Gasteiger partial charge in [0.2, 0.25) is 0 Å². The van der Waals surface area contributed by atoms with E-state index < -0.39 is 5.60 Å². The number of carbonyl (C=O) groups is 1. The first-order valence-electron chi connectivity index (χ1n) is 9.21. The maximum absolute atomic E-state index is 12.5. The Morgan fingerprint density at radius 2 is 1.74 bits per heavy atom. The van der Waals surface area contributed by atoms with Crippen LogP contribution in [-0.2, 0) is 9.47 Å². The van der Waals surface area contributed by atoms with Crippen LogP contribution >= 0.6 is 0 Å². The molecule has 0 spiro atoms. The summed E-state index contributed by atoms with van der Waals surface area (Å²) in [7, 11) is 0. The molecular weight excluding hydrogens is 292 g/mol. The molecule has 0 aromatic rings. The van der Waals surface area contributed by atoms with Crippen LogP contribution in [-0.4, -0.2) is 53.5 Å².